The lowest BCUT2D eigenvalue weighted by Crippen LogP contribution is -2.43. The van der Waals surface area contributed by atoms with Crippen molar-refractivity contribution in [2.75, 3.05) is 13.1 Å². The molecular formula is C11H20N2O. The molecule has 1 saturated carbocycles. The molecule has 1 saturated heterocycles. The minimum absolute atomic E-state index is 0.451. The van der Waals surface area contributed by atoms with Crippen molar-refractivity contribution in [2.45, 2.75) is 45.1 Å². The maximum atomic E-state index is 8.88. The van der Waals surface area contributed by atoms with E-state index in [2.05, 4.69) is 17.0 Å². The third-order valence-electron chi connectivity index (χ3n) is 3.68. The van der Waals surface area contributed by atoms with Gasteiger partial charge in [-0.2, -0.15) is 0 Å². The van der Waals surface area contributed by atoms with Crippen LogP contribution in [0.3, 0.4) is 0 Å². The minimum Gasteiger partial charge on any atom is -0.411 e. The summed E-state index contributed by atoms with van der Waals surface area (Å²) in [4.78, 5) is 2.50. The van der Waals surface area contributed by atoms with Crippen LogP contribution in [0, 0.1) is 5.92 Å². The fourth-order valence-corrected chi connectivity index (χ4v) is 2.66. The second-order valence-corrected chi connectivity index (χ2v) is 4.72. The third kappa shape index (κ3) is 1.92. The molecule has 3 nitrogen and oxygen atoms in total. The normalized spacial score (nSPS) is 34.1. The average Bonchev–Trinajstić information content (AvgIpc) is 2.67. The van der Waals surface area contributed by atoms with Crippen LogP contribution >= 0.6 is 0 Å². The summed E-state index contributed by atoms with van der Waals surface area (Å²) in [6, 6.07) is 0.451. The highest BCUT2D eigenvalue weighted by atomic mass is 16.4. The molecule has 0 aromatic rings. The molecule has 2 rings (SSSR count). The molecule has 0 spiro atoms. The molecule has 3 heteroatoms. The molecule has 0 aromatic carbocycles. The molecule has 0 bridgehead atoms. The van der Waals surface area contributed by atoms with E-state index < -0.39 is 0 Å². The van der Waals surface area contributed by atoms with Gasteiger partial charge in [0.25, 0.3) is 0 Å². The Morgan fingerprint density at radius 3 is 2.64 bits per heavy atom. The van der Waals surface area contributed by atoms with E-state index in [1.807, 2.05) is 0 Å². The molecule has 0 unspecified atom stereocenters. The van der Waals surface area contributed by atoms with E-state index >= 15 is 0 Å². The highest BCUT2D eigenvalue weighted by Crippen LogP contribution is 2.26. The van der Waals surface area contributed by atoms with Crippen LogP contribution in [0.2, 0.25) is 0 Å². The van der Waals surface area contributed by atoms with Gasteiger partial charge < -0.3 is 5.21 Å². The number of likely N-dealkylation sites (tertiary alicyclic amines) is 1. The summed E-state index contributed by atoms with van der Waals surface area (Å²) < 4.78 is 0. The molecule has 0 aromatic heterocycles. The van der Waals surface area contributed by atoms with Crippen molar-refractivity contribution in [1.29, 1.82) is 0 Å². The zero-order valence-electron chi connectivity index (χ0n) is 8.95. The molecular weight excluding hydrogens is 176 g/mol. The molecule has 2 fully saturated rings. The van der Waals surface area contributed by atoms with Crippen molar-refractivity contribution >= 4 is 5.71 Å². The largest absolute Gasteiger partial charge is 0.411 e. The molecule has 1 aliphatic carbocycles. The lowest BCUT2D eigenvalue weighted by Gasteiger charge is -2.34. The summed E-state index contributed by atoms with van der Waals surface area (Å²) in [7, 11) is 0. The van der Waals surface area contributed by atoms with Crippen molar-refractivity contribution in [3.05, 3.63) is 0 Å². The number of rotatable bonds is 1. The standard InChI is InChI=1S/C11H20N2O/c1-9-5-7-13(8-6-9)11-4-2-3-10(11)12-14/h9,11,14H,2-8H2,1H3/b12-10+/t11-/m1/s1. The van der Waals surface area contributed by atoms with Crippen molar-refractivity contribution in [2.24, 2.45) is 11.1 Å². The van der Waals surface area contributed by atoms with Crippen molar-refractivity contribution in [1.82, 2.24) is 4.90 Å². The Kier molecular flexibility index (Phi) is 3.06. The van der Waals surface area contributed by atoms with E-state index in [4.69, 9.17) is 5.21 Å². The average molecular weight is 196 g/mol. The summed E-state index contributed by atoms with van der Waals surface area (Å²) >= 11 is 0. The Morgan fingerprint density at radius 1 is 1.29 bits per heavy atom. The van der Waals surface area contributed by atoms with Gasteiger partial charge in [0.15, 0.2) is 0 Å². The number of piperidine rings is 1. The highest BCUT2D eigenvalue weighted by molar-refractivity contribution is 5.90. The van der Waals surface area contributed by atoms with E-state index in [0.29, 0.717) is 6.04 Å². The van der Waals surface area contributed by atoms with Crippen LogP contribution in [0.15, 0.2) is 5.16 Å². The second kappa shape index (κ2) is 4.30. The van der Waals surface area contributed by atoms with Gasteiger partial charge in [-0.05, 0) is 51.1 Å². The summed E-state index contributed by atoms with van der Waals surface area (Å²) in [5.74, 6) is 0.877. The van der Waals surface area contributed by atoms with E-state index in [0.717, 1.165) is 18.1 Å². The first kappa shape index (κ1) is 9.97. The molecule has 80 valence electrons. The number of hydrogen-bond acceptors (Lipinski definition) is 3. The van der Waals surface area contributed by atoms with Crippen molar-refractivity contribution in [3.8, 4) is 0 Å². The zero-order valence-corrected chi connectivity index (χ0v) is 8.95. The van der Waals surface area contributed by atoms with Crippen LogP contribution < -0.4 is 0 Å². The van der Waals surface area contributed by atoms with Crippen molar-refractivity contribution in [3.63, 3.8) is 0 Å². The molecule has 14 heavy (non-hydrogen) atoms. The Hall–Kier alpha value is -0.570. The van der Waals surface area contributed by atoms with Gasteiger partial charge >= 0.3 is 0 Å². The first-order valence-electron chi connectivity index (χ1n) is 5.76. The Bertz CT molecular complexity index is 219. The molecule has 1 N–H and O–H groups in total. The van der Waals surface area contributed by atoms with Gasteiger partial charge in [-0.15, -0.1) is 0 Å². The Balaban J connectivity index is 1.94. The fraction of sp³-hybridized carbons (Fsp3) is 0.909. The smallest absolute Gasteiger partial charge is 0.0742 e. The molecule has 1 atom stereocenters. The lowest BCUT2D eigenvalue weighted by molar-refractivity contribution is 0.167. The first-order valence-corrected chi connectivity index (χ1v) is 5.76. The number of oxime groups is 1. The second-order valence-electron chi connectivity index (χ2n) is 4.72. The molecule has 1 aliphatic heterocycles. The Labute approximate surface area is 85.8 Å². The lowest BCUT2D eigenvalue weighted by atomic mass is 9.97. The molecule has 2 aliphatic rings. The predicted octanol–water partition coefficient (Wildman–Crippen LogP) is 2.10. The van der Waals surface area contributed by atoms with Gasteiger partial charge in [-0.1, -0.05) is 12.1 Å². The van der Waals surface area contributed by atoms with E-state index in [1.165, 1.54) is 38.8 Å². The summed E-state index contributed by atoms with van der Waals surface area (Å²) in [6.07, 6.45) is 5.97. The number of hydrogen-bond donors (Lipinski definition) is 1. The monoisotopic (exact) mass is 196 g/mol. The van der Waals surface area contributed by atoms with Gasteiger partial charge in [0.05, 0.1) is 11.8 Å². The summed E-state index contributed by atoms with van der Waals surface area (Å²) in [5.41, 5.74) is 1.01. The first-order chi connectivity index (χ1) is 6.81. The van der Waals surface area contributed by atoms with Crippen LogP contribution in [-0.4, -0.2) is 35.0 Å². The summed E-state index contributed by atoms with van der Waals surface area (Å²) in [5, 5.41) is 12.3. The van der Waals surface area contributed by atoms with E-state index in [-0.39, 0.29) is 0 Å². The van der Waals surface area contributed by atoms with Gasteiger partial charge in [0.1, 0.15) is 0 Å². The Morgan fingerprint density at radius 2 is 2.00 bits per heavy atom. The van der Waals surface area contributed by atoms with Crippen LogP contribution in [0.5, 0.6) is 0 Å². The fourth-order valence-electron chi connectivity index (χ4n) is 2.66. The molecule has 1 heterocycles. The van der Waals surface area contributed by atoms with E-state index in [9.17, 15) is 0 Å². The third-order valence-corrected chi connectivity index (χ3v) is 3.68. The predicted molar refractivity (Wildman–Crippen MR) is 56.8 cm³/mol. The maximum Gasteiger partial charge on any atom is 0.0742 e. The minimum atomic E-state index is 0.451. The SMILES string of the molecule is CC1CCN([C@@H]2CCC/C2=N\O)CC1. The molecule has 0 radical (unpaired) electrons. The van der Waals surface area contributed by atoms with Gasteiger partial charge in [-0.3, -0.25) is 4.90 Å². The van der Waals surface area contributed by atoms with Crippen molar-refractivity contribution < 1.29 is 5.21 Å². The van der Waals surface area contributed by atoms with Crippen LogP contribution in [0.1, 0.15) is 39.0 Å². The van der Waals surface area contributed by atoms with Gasteiger partial charge in [0.2, 0.25) is 0 Å². The van der Waals surface area contributed by atoms with E-state index in [1.54, 1.807) is 0 Å². The van der Waals surface area contributed by atoms with Gasteiger partial charge in [-0.25, -0.2) is 0 Å². The van der Waals surface area contributed by atoms with Gasteiger partial charge in [0, 0.05) is 0 Å². The summed E-state index contributed by atoms with van der Waals surface area (Å²) in [6.45, 7) is 4.70. The highest BCUT2D eigenvalue weighted by Gasteiger charge is 2.30. The molecule has 0 amide bonds. The number of nitrogens with zero attached hydrogens (tertiary/aromatic N) is 2. The van der Waals surface area contributed by atoms with Crippen LogP contribution in [0.25, 0.3) is 0 Å². The quantitative estimate of drug-likeness (QED) is 0.515. The zero-order chi connectivity index (χ0) is 9.97. The maximum absolute atomic E-state index is 8.88. The topological polar surface area (TPSA) is 35.8 Å². The van der Waals surface area contributed by atoms with Crippen LogP contribution in [-0.2, 0) is 0 Å². The van der Waals surface area contributed by atoms with Crippen LogP contribution in [0.4, 0.5) is 0 Å².